The highest BCUT2D eigenvalue weighted by Gasteiger charge is 2.12. The van der Waals surface area contributed by atoms with Crippen LogP contribution in [0.4, 0.5) is 20.7 Å². The van der Waals surface area contributed by atoms with Crippen molar-refractivity contribution in [1.82, 2.24) is 19.7 Å². The SMILES string of the molecule is CCc1ccnc(NC(=O)Nc2ccc(-c3cncc4c3cnn4C)cc2F)c1. The number of carbonyl (C=O) groups excluding carboxylic acids is 1. The number of aromatic nitrogens is 4. The molecule has 0 radical (unpaired) electrons. The van der Waals surface area contributed by atoms with E-state index in [2.05, 4.69) is 25.7 Å². The number of carbonyl (C=O) groups is 1. The zero-order chi connectivity index (χ0) is 20.4. The largest absolute Gasteiger partial charge is 0.324 e. The maximum atomic E-state index is 14.7. The third-order valence-electron chi connectivity index (χ3n) is 4.68. The maximum absolute atomic E-state index is 14.7. The monoisotopic (exact) mass is 390 g/mol. The van der Waals surface area contributed by atoms with Crippen molar-refractivity contribution in [3.63, 3.8) is 0 Å². The molecule has 0 aliphatic carbocycles. The summed E-state index contributed by atoms with van der Waals surface area (Å²) in [6, 6.07) is 7.72. The second-order valence-electron chi connectivity index (χ2n) is 6.56. The molecule has 146 valence electrons. The van der Waals surface area contributed by atoms with Gasteiger partial charge in [0.05, 0.1) is 23.6 Å². The van der Waals surface area contributed by atoms with Gasteiger partial charge in [-0.3, -0.25) is 15.0 Å². The summed E-state index contributed by atoms with van der Waals surface area (Å²) in [5.41, 5.74) is 3.39. The van der Waals surface area contributed by atoms with Crippen LogP contribution >= 0.6 is 0 Å². The lowest BCUT2D eigenvalue weighted by atomic mass is 10.0. The molecule has 4 aromatic rings. The Hall–Kier alpha value is -3.81. The van der Waals surface area contributed by atoms with E-state index in [-0.39, 0.29) is 5.69 Å². The number of anilines is 2. The zero-order valence-electron chi connectivity index (χ0n) is 16.0. The molecule has 2 amide bonds. The number of nitrogens with one attached hydrogen (secondary N) is 2. The Kier molecular flexibility index (Phi) is 4.90. The van der Waals surface area contributed by atoms with Crippen molar-refractivity contribution in [1.29, 1.82) is 0 Å². The number of pyridine rings is 2. The summed E-state index contributed by atoms with van der Waals surface area (Å²) in [5.74, 6) is -0.137. The predicted octanol–water partition coefficient (Wildman–Crippen LogP) is 4.38. The summed E-state index contributed by atoms with van der Waals surface area (Å²) in [4.78, 5) is 20.5. The quantitative estimate of drug-likeness (QED) is 0.542. The Morgan fingerprint density at radius 1 is 1.14 bits per heavy atom. The number of hydrogen-bond acceptors (Lipinski definition) is 4. The molecule has 0 bridgehead atoms. The fraction of sp³-hybridized carbons (Fsp3) is 0.143. The van der Waals surface area contributed by atoms with Gasteiger partial charge in [0.1, 0.15) is 11.6 Å². The van der Waals surface area contributed by atoms with Gasteiger partial charge in [0.15, 0.2) is 0 Å². The molecule has 0 fully saturated rings. The third kappa shape index (κ3) is 3.77. The normalized spacial score (nSPS) is 10.9. The van der Waals surface area contributed by atoms with Crippen molar-refractivity contribution < 1.29 is 9.18 Å². The van der Waals surface area contributed by atoms with Crippen LogP contribution in [0, 0.1) is 5.82 Å². The Bertz CT molecular complexity index is 1200. The van der Waals surface area contributed by atoms with Crippen LogP contribution in [0.25, 0.3) is 22.0 Å². The molecule has 29 heavy (non-hydrogen) atoms. The van der Waals surface area contributed by atoms with Crippen molar-refractivity contribution >= 4 is 28.4 Å². The molecular formula is C21H19FN6O. The molecule has 0 aliphatic heterocycles. The molecule has 1 aromatic carbocycles. The van der Waals surface area contributed by atoms with Gasteiger partial charge in [-0.05, 0) is 41.8 Å². The first-order valence-electron chi connectivity index (χ1n) is 9.13. The molecular weight excluding hydrogens is 371 g/mol. The van der Waals surface area contributed by atoms with E-state index < -0.39 is 11.8 Å². The highest BCUT2D eigenvalue weighted by Crippen LogP contribution is 2.29. The Morgan fingerprint density at radius 2 is 2.00 bits per heavy atom. The smallest absolute Gasteiger partial charge is 0.305 e. The van der Waals surface area contributed by atoms with Gasteiger partial charge >= 0.3 is 6.03 Å². The molecule has 7 nitrogen and oxygen atoms in total. The van der Waals surface area contributed by atoms with Crippen LogP contribution in [0.2, 0.25) is 0 Å². The molecule has 3 heterocycles. The second-order valence-corrected chi connectivity index (χ2v) is 6.56. The third-order valence-corrected chi connectivity index (χ3v) is 4.68. The zero-order valence-corrected chi connectivity index (χ0v) is 16.0. The number of benzene rings is 1. The van der Waals surface area contributed by atoms with Crippen LogP contribution < -0.4 is 10.6 Å². The molecule has 8 heteroatoms. The topological polar surface area (TPSA) is 84.7 Å². The standard InChI is InChI=1S/C21H19FN6O/c1-3-13-6-7-24-20(8-13)27-21(29)26-18-5-4-14(9-17(18)22)15-10-23-12-19-16(15)11-25-28(19)2/h4-12H,3H2,1-2H3,(H2,24,26,27,29). The maximum Gasteiger partial charge on any atom is 0.324 e. The summed E-state index contributed by atoms with van der Waals surface area (Å²) < 4.78 is 16.4. The first-order valence-corrected chi connectivity index (χ1v) is 9.13. The molecule has 0 aliphatic rings. The van der Waals surface area contributed by atoms with Crippen LogP contribution in [0.3, 0.4) is 0 Å². The lowest BCUT2D eigenvalue weighted by Crippen LogP contribution is -2.20. The van der Waals surface area contributed by atoms with Crippen molar-refractivity contribution in [2.45, 2.75) is 13.3 Å². The fourth-order valence-corrected chi connectivity index (χ4v) is 3.11. The van der Waals surface area contributed by atoms with Gasteiger partial charge in [0.25, 0.3) is 0 Å². The summed E-state index contributed by atoms with van der Waals surface area (Å²) in [5, 5.41) is 10.2. The molecule has 0 atom stereocenters. The van der Waals surface area contributed by atoms with E-state index in [1.165, 1.54) is 12.1 Å². The van der Waals surface area contributed by atoms with Crippen molar-refractivity contribution in [2.24, 2.45) is 7.05 Å². The van der Waals surface area contributed by atoms with E-state index in [1.807, 2.05) is 20.0 Å². The number of aryl methyl sites for hydroxylation is 2. The summed E-state index contributed by atoms with van der Waals surface area (Å²) in [7, 11) is 1.82. The minimum absolute atomic E-state index is 0.0733. The average molecular weight is 390 g/mol. The van der Waals surface area contributed by atoms with Gasteiger partial charge in [-0.1, -0.05) is 13.0 Å². The van der Waals surface area contributed by atoms with E-state index in [4.69, 9.17) is 0 Å². The number of fused-ring (bicyclic) bond motifs is 1. The van der Waals surface area contributed by atoms with Gasteiger partial charge < -0.3 is 5.32 Å². The van der Waals surface area contributed by atoms with Gasteiger partial charge in [0.2, 0.25) is 0 Å². The van der Waals surface area contributed by atoms with Crippen molar-refractivity contribution in [3.8, 4) is 11.1 Å². The van der Waals surface area contributed by atoms with Gasteiger partial charge in [0, 0.05) is 30.4 Å². The van der Waals surface area contributed by atoms with Gasteiger partial charge in [-0.15, -0.1) is 0 Å². The molecule has 0 saturated carbocycles. The fourth-order valence-electron chi connectivity index (χ4n) is 3.11. The Balaban J connectivity index is 1.55. The number of nitrogens with zero attached hydrogens (tertiary/aromatic N) is 4. The Labute approximate surface area is 166 Å². The van der Waals surface area contributed by atoms with E-state index in [0.29, 0.717) is 11.4 Å². The van der Waals surface area contributed by atoms with E-state index in [1.54, 1.807) is 41.6 Å². The van der Waals surface area contributed by atoms with Gasteiger partial charge in [-0.2, -0.15) is 5.10 Å². The van der Waals surface area contributed by atoms with Crippen molar-refractivity contribution in [3.05, 3.63) is 66.5 Å². The Morgan fingerprint density at radius 3 is 2.79 bits per heavy atom. The molecule has 2 N–H and O–H groups in total. The first-order chi connectivity index (χ1) is 14.0. The van der Waals surface area contributed by atoms with E-state index in [0.717, 1.165) is 28.5 Å². The lowest BCUT2D eigenvalue weighted by molar-refractivity contribution is 0.262. The summed E-state index contributed by atoms with van der Waals surface area (Å²) in [6.45, 7) is 2.01. The average Bonchev–Trinajstić information content (AvgIpc) is 3.11. The number of amides is 2. The summed E-state index contributed by atoms with van der Waals surface area (Å²) >= 11 is 0. The van der Waals surface area contributed by atoms with Crippen LogP contribution in [-0.4, -0.2) is 25.8 Å². The molecule has 0 unspecified atom stereocenters. The number of rotatable bonds is 4. The molecule has 4 rings (SSSR count). The highest BCUT2D eigenvalue weighted by atomic mass is 19.1. The summed E-state index contributed by atoms with van der Waals surface area (Å²) in [6.07, 6.45) is 7.56. The van der Waals surface area contributed by atoms with Crippen LogP contribution in [0.5, 0.6) is 0 Å². The second kappa shape index (κ2) is 7.67. The molecule has 0 spiro atoms. The van der Waals surface area contributed by atoms with E-state index >= 15 is 0 Å². The number of urea groups is 1. The first kappa shape index (κ1) is 18.5. The highest BCUT2D eigenvalue weighted by molar-refractivity contribution is 6.00. The lowest BCUT2D eigenvalue weighted by Gasteiger charge is -2.10. The number of hydrogen-bond donors (Lipinski definition) is 2. The predicted molar refractivity (Wildman–Crippen MR) is 110 cm³/mol. The number of halogens is 1. The molecule has 0 saturated heterocycles. The van der Waals surface area contributed by atoms with E-state index in [9.17, 15) is 9.18 Å². The van der Waals surface area contributed by atoms with Crippen LogP contribution in [0.15, 0.2) is 55.1 Å². The van der Waals surface area contributed by atoms with Crippen LogP contribution in [0.1, 0.15) is 12.5 Å². The minimum atomic E-state index is -0.562. The van der Waals surface area contributed by atoms with Gasteiger partial charge in [-0.25, -0.2) is 14.2 Å². The van der Waals surface area contributed by atoms with Crippen molar-refractivity contribution in [2.75, 3.05) is 10.6 Å². The van der Waals surface area contributed by atoms with Crippen LogP contribution in [-0.2, 0) is 13.5 Å². The minimum Gasteiger partial charge on any atom is -0.305 e. The molecule has 3 aromatic heterocycles.